The van der Waals surface area contributed by atoms with Crippen molar-refractivity contribution in [2.45, 2.75) is 16.6 Å². The molecule has 25 heavy (non-hydrogen) atoms. The fourth-order valence-corrected chi connectivity index (χ4v) is 3.77. The quantitative estimate of drug-likeness (QED) is 0.370. The minimum Gasteiger partial charge on any atom is -0.508 e. The van der Waals surface area contributed by atoms with E-state index >= 15 is 0 Å². The predicted molar refractivity (Wildman–Crippen MR) is 103 cm³/mol. The summed E-state index contributed by atoms with van der Waals surface area (Å²) in [4.78, 5) is 13.7. The van der Waals surface area contributed by atoms with Gasteiger partial charge in [-0.3, -0.25) is 4.79 Å². The Morgan fingerprint density at radius 2 is 1.56 bits per heavy atom. The van der Waals surface area contributed by atoms with Crippen LogP contribution >= 0.6 is 11.8 Å². The minimum atomic E-state index is -0.0350. The van der Waals surface area contributed by atoms with E-state index in [4.69, 9.17) is 5.73 Å². The van der Waals surface area contributed by atoms with Gasteiger partial charge in [0, 0.05) is 27.8 Å². The zero-order valence-electron chi connectivity index (χ0n) is 13.6. The van der Waals surface area contributed by atoms with Crippen LogP contribution < -0.4 is 5.73 Å². The number of ketones is 1. The molecular formula is C21H19NO2S. The number of hydrogen-bond donors (Lipinski definition) is 2. The van der Waals surface area contributed by atoms with Crippen molar-refractivity contribution >= 4 is 23.2 Å². The van der Waals surface area contributed by atoms with E-state index in [1.54, 1.807) is 23.9 Å². The molecule has 0 aliphatic heterocycles. The van der Waals surface area contributed by atoms with E-state index in [1.807, 2.05) is 54.6 Å². The van der Waals surface area contributed by atoms with Gasteiger partial charge in [-0.2, -0.15) is 0 Å². The van der Waals surface area contributed by atoms with Crippen molar-refractivity contribution in [3.63, 3.8) is 0 Å². The van der Waals surface area contributed by atoms with E-state index in [-0.39, 0.29) is 16.8 Å². The van der Waals surface area contributed by atoms with E-state index in [1.165, 1.54) is 12.1 Å². The summed E-state index contributed by atoms with van der Waals surface area (Å²) in [6.45, 7) is 0. The number of nitrogen functional groups attached to an aromatic ring is 1. The third-order valence-electron chi connectivity index (χ3n) is 3.92. The SMILES string of the molecule is Nc1ccccc1SC(CC(=O)c1ccc(O)cc1)c1ccccc1. The summed E-state index contributed by atoms with van der Waals surface area (Å²) < 4.78 is 0. The highest BCUT2D eigenvalue weighted by molar-refractivity contribution is 7.99. The molecular weight excluding hydrogens is 330 g/mol. The Bertz CT molecular complexity index is 847. The van der Waals surface area contributed by atoms with Gasteiger partial charge in [0.15, 0.2) is 5.78 Å². The molecule has 3 rings (SSSR count). The maximum atomic E-state index is 12.7. The molecule has 0 amide bonds. The third kappa shape index (κ3) is 4.43. The van der Waals surface area contributed by atoms with Gasteiger partial charge in [0.05, 0.1) is 0 Å². The van der Waals surface area contributed by atoms with Crippen molar-refractivity contribution in [1.82, 2.24) is 0 Å². The number of Topliss-reactive ketones (excluding diaryl/α,β-unsaturated/α-hetero) is 1. The number of phenolic OH excluding ortho intramolecular Hbond substituents is 1. The van der Waals surface area contributed by atoms with E-state index < -0.39 is 0 Å². The number of phenols is 1. The van der Waals surface area contributed by atoms with E-state index in [0.717, 1.165) is 10.5 Å². The molecule has 0 saturated heterocycles. The predicted octanol–water partition coefficient (Wildman–Crippen LogP) is 5.08. The van der Waals surface area contributed by atoms with Crippen LogP contribution in [-0.4, -0.2) is 10.9 Å². The minimum absolute atomic E-state index is 0.0350. The number of aromatic hydroxyl groups is 1. The molecule has 0 heterocycles. The fourth-order valence-electron chi connectivity index (χ4n) is 2.57. The highest BCUT2D eigenvalue weighted by Crippen LogP contribution is 2.40. The van der Waals surface area contributed by atoms with Crippen LogP contribution in [0.2, 0.25) is 0 Å². The summed E-state index contributed by atoms with van der Waals surface area (Å²) in [6, 6.07) is 24.0. The van der Waals surface area contributed by atoms with Crippen LogP contribution in [0.3, 0.4) is 0 Å². The van der Waals surface area contributed by atoms with Crippen LogP contribution in [0.1, 0.15) is 27.6 Å². The second kappa shape index (κ2) is 7.90. The highest BCUT2D eigenvalue weighted by Gasteiger charge is 2.19. The number of anilines is 1. The fraction of sp³-hybridized carbons (Fsp3) is 0.0952. The summed E-state index contributed by atoms with van der Waals surface area (Å²) >= 11 is 1.60. The number of hydrogen-bond acceptors (Lipinski definition) is 4. The Morgan fingerprint density at radius 3 is 2.24 bits per heavy atom. The molecule has 3 aromatic rings. The van der Waals surface area contributed by atoms with E-state index in [2.05, 4.69) is 0 Å². The molecule has 126 valence electrons. The number of carbonyl (C=O) groups is 1. The molecule has 0 aliphatic carbocycles. The summed E-state index contributed by atoms with van der Waals surface area (Å²) in [5.74, 6) is 0.193. The Hall–Kier alpha value is -2.72. The lowest BCUT2D eigenvalue weighted by atomic mass is 10.0. The van der Waals surface area contributed by atoms with Crippen LogP contribution in [0.25, 0.3) is 0 Å². The standard InChI is InChI=1S/C21H19NO2S/c22-18-8-4-5-9-20(18)25-21(16-6-2-1-3-7-16)14-19(24)15-10-12-17(23)13-11-15/h1-13,21,23H,14,22H2. The second-order valence-electron chi connectivity index (χ2n) is 5.73. The van der Waals surface area contributed by atoms with Crippen LogP contribution in [0, 0.1) is 0 Å². The van der Waals surface area contributed by atoms with Crippen molar-refractivity contribution in [1.29, 1.82) is 0 Å². The van der Waals surface area contributed by atoms with Crippen molar-refractivity contribution in [2.75, 3.05) is 5.73 Å². The maximum absolute atomic E-state index is 12.7. The van der Waals surface area contributed by atoms with Gasteiger partial charge in [0.1, 0.15) is 5.75 Å². The molecule has 4 heteroatoms. The maximum Gasteiger partial charge on any atom is 0.164 e. The molecule has 3 N–H and O–H groups in total. The Morgan fingerprint density at radius 1 is 0.920 bits per heavy atom. The normalized spacial score (nSPS) is 11.8. The molecule has 0 bridgehead atoms. The van der Waals surface area contributed by atoms with Crippen molar-refractivity contribution in [3.8, 4) is 5.75 Å². The van der Waals surface area contributed by atoms with Crippen LogP contribution in [0.5, 0.6) is 5.75 Å². The molecule has 0 radical (unpaired) electrons. The zero-order valence-corrected chi connectivity index (χ0v) is 14.4. The molecule has 0 saturated carbocycles. The highest BCUT2D eigenvalue weighted by atomic mass is 32.2. The van der Waals surface area contributed by atoms with E-state index in [9.17, 15) is 9.90 Å². The molecule has 1 atom stereocenters. The molecule has 0 aromatic heterocycles. The van der Waals surface area contributed by atoms with Crippen LogP contribution in [0.4, 0.5) is 5.69 Å². The van der Waals surface area contributed by atoms with Gasteiger partial charge < -0.3 is 10.8 Å². The number of carbonyl (C=O) groups excluding carboxylic acids is 1. The lowest BCUT2D eigenvalue weighted by Crippen LogP contribution is -2.06. The number of para-hydroxylation sites is 1. The van der Waals surface area contributed by atoms with Gasteiger partial charge in [-0.15, -0.1) is 11.8 Å². The van der Waals surface area contributed by atoms with Crippen LogP contribution in [-0.2, 0) is 0 Å². The van der Waals surface area contributed by atoms with Gasteiger partial charge in [-0.25, -0.2) is 0 Å². The van der Waals surface area contributed by atoms with Crippen molar-refractivity contribution in [3.05, 3.63) is 90.0 Å². The lowest BCUT2D eigenvalue weighted by molar-refractivity contribution is 0.0982. The van der Waals surface area contributed by atoms with E-state index in [0.29, 0.717) is 17.7 Å². The average Bonchev–Trinajstić information content (AvgIpc) is 2.64. The third-order valence-corrected chi connectivity index (χ3v) is 5.27. The Labute approximate surface area is 151 Å². The second-order valence-corrected chi connectivity index (χ2v) is 6.97. The number of benzene rings is 3. The van der Waals surface area contributed by atoms with Gasteiger partial charge in [-0.1, -0.05) is 42.5 Å². The Balaban J connectivity index is 1.85. The summed E-state index contributed by atoms with van der Waals surface area (Å²) in [5.41, 5.74) is 8.47. The van der Waals surface area contributed by atoms with Gasteiger partial charge in [0.25, 0.3) is 0 Å². The topological polar surface area (TPSA) is 63.3 Å². The first-order chi connectivity index (χ1) is 12.1. The molecule has 0 aliphatic rings. The molecule has 3 aromatic carbocycles. The Kier molecular flexibility index (Phi) is 5.41. The lowest BCUT2D eigenvalue weighted by Gasteiger charge is -2.17. The first-order valence-corrected chi connectivity index (χ1v) is 8.90. The van der Waals surface area contributed by atoms with Crippen molar-refractivity contribution in [2.24, 2.45) is 0 Å². The monoisotopic (exact) mass is 349 g/mol. The summed E-state index contributed by atoms with van der Waals surface area (Å²) in [5, 5.41) is 9.36. The number of nitrogens with two attached hydrogens (primary N) is 1. The molecule has 3 nitrogen and oxygen atoms in total. The van der Waals surface area contributed by atoms with Gasteiger partial charge >= 0.3 is 0 Å². The van der Waals surface area contributed by atoms with Crippen LogP contribution in [0.15, 0.2) is 83.8 Å². The first-order valence-electron chi connectivity index (χ1n) is 8.02. The molecule has 0 spiro atoms. The number of rotatable bonds is 6. The molecule has 0 fully saturated rings. The van der Waals surface area contributed by atoms with Gasteiger partial charge in [0.2, 0.25) is 0 Å². The summed E-state index contributed by atoms with van der Waals surface area (Å²) in [6.07, 6.45) is 0.355. The van der Waals surface area contributed by atoms with Crippen molar-refractivity contribution < 1.29 is 9.90 Å². The first kappa shape index (κ1) is 17.1. The summed E-state index contributed by atoms with van der Waals surface area (Å²) in [7, 11) is 0. The van der Waals surface area contributed by atoms with Gasteiger partial charge in [-0.05, 0) is 42.0 Å². The molecule has 1 unspecified atom stereocenters. The zero-order chi connectivity index (χ0) is 17.6. The average molecular weight is 349 g/mol. The smallest absolute Gasteiger partial charge is 0.164 e. The largest absolute Gasteiger partial charge is 0.508 e. The number of thioether (sulfide) groups is 1.